The smallest absolute Gasteiger partial charge is 0.270 e. The third-order valence-corrected chi connectivity index (χ3v) is 3.95. The standard InChI is InChI=1S/C15H12Cl2N2O3/c1-18(9-11-5-3-7-13(16)14(11)17)15(20)10-4-2-6-12(8-10)19(21)22/h2-8H,9H2,1H3. The number of rotatable bonds is 4. The molecule has 7 heteroatoms. The molecule has 0 aliphatic rings. The zero-order valence-corrected chi connectivity index (χ0v) is 13.1. The van der Waals surface area contributed by atoms with Crippen LogP contribution in [0.3, 0.4) is 0 Å². The highest BCUT2D eigenvalue weighted by Gasteiger charge is 2.16. The number of benzene rings is 2. The molecule has 0 spiro atoms. The molecule has 5 nitrogen and oxygen atoms in total. The van der Waals surface area contributed by atoms with Crippen LogP contribution >= 0.6 is 23.2 Å². The normalized spacial score (nSPS) is 10.3. The summed E-state index contributed by atoms with van der Waals surface area (Å²) in [4.78, 5) is 24.0. The number of non-ortho nitro benzene ring substituents is 1. The van der Waals surface area contributed by atoms with Crippen molar-refractivity contribution < 1.29 is 9.72 Å². The van der Waals surface area contributed by atoms with Crippen LogP contribution < -0.4 is 0 Å². The zero-order chi connectivity index (χ0) is 16.3. The van der Waals surface area contributed by atoms with Crippen molar-refractivity contribution in [2.75, 3.05) is 7.05 Å². The van der Waals surface area contributed by atoms with Gasteiger partial charge in [0.2, 0.25) is 0 Å². The Kier molecular flexibility index (Phi) is 5.00. The highest BCUT2D eigenvalue weighted by molar-refractivity contribution is 6.42. The Balaban J connectivity index is 2.20. The number of halogens is 2. The monoisotopic (exact) mass is 338 g/mol. The van der Waals surface area contributed by atoms with E-state index in [2.05, 4.69) is 0 Å². The van der Waals surface area contributed by atoms with E-state index in [0.29, 0.717) is 15.6 Å². The molecule has 0 saturated carbocycles. The lowest BCUT2D eigenvalue weighted by molar-refractivity contribution is -0.384. The average Bonchev–Trinajstić information content (AvgIpc) is 2.51. The first-order chi connectivity index (χ1) is 10.4. The number of hydrogen-bond acceptors (Lipinski definition) is 3. The van der Waals surface area contributed by atoms with Crippen molar-refractivity contribution in [3.05, 3.63) is 73.8 Å². The maximum atomic E-state index is 12.3. The lowest BCUT2D eigenvalue weighted by Crippen LogP contribution is -2.26. The van der Waals surface area contributed by atoms with E-state index >= 15 is 0 Å². The van der Waals surface area contributed by atoms with E-state index in [9.17, 15) is 14.9 Å². The van der Waals surface area contributed by atoms with Crippen LogP contribution in [0.15, 0.2) is 42.5 Å². The van der Waals surface area contributed by atoms with Gasteiger partial charge in [-0.15, -0.1) is 0 Å². The molecule has 0 N–H and O–H groups in total. The number of nitrogens with zero attached hydrogens (tertiary/aromatic N) is 2. The minimum Gasteiger partial charge on any atom is -0.337 e. The van der Waals surface area contributed by atoms with Gasteiger partial charge in [-0.1, -0.05) is 41.4 Å². The van der Waals surface area contributed by atoms with Crippen LogP contribution in [0.1, 0.15) is 15.9 Å². The van der Waals surface area contributed by atoms with Crippen LogP contribution in [0, 0.1) is 10.1 Å². The van der Waals surface area contributed by atoms with Crippen molar-refractivity contribution in [2.45, 2.75) is 6.54 Å². The molecule has 0 aromatic heterocycles. The fraction of sp³-hybridized carbons (Fsp3) is 0.133. The Morgan fingerprint density at radius 3 is 2.59 bits per heavy atom. The number of hydrogen-bond donors (Lipinski definition) is 0. The zero-order valence-electron chi connectivity index (χ0n) is 11.6. The highest BCUT2D eigenvalue weighted by Crippen LogP contribution is 2.26. The number of amides is 1. The highest BCUT2D eigenvalue weighted by atomic mass is 35.5. The van der Waals surface area contributed by atoms with E-state index in [1.165, 1.54) is 29.2 Å². The molecule has 0 saturated heterocycles. The topological polar surface area (TPSA) is 63.5 Å². The van der Waals surface area contributed by atoms with Gasteiger partial charge in [-0.25, -0.2) is 0 Å². The Morgan fingerprint density at radius 2 is 1.91 bits per heavy atom. The van der Waals surface area contributed by atoms with Gasteiger partial charge in [0.05, 0.1) is 15.0 Å². The predicted molar refractivity (Wildman–Crippen MR) is 85.4 cm³/mol. The van der Waals surface area contributed by atoms with Gasteiger partial charge in [-0.3, -0.25) is 14.9 Å². The molecule has 22 heavy (non-hydrogen) atoms. The fourth-order valence-corrected chi connectivity index (χ4v) is 2.35. The number of carbonyl (C=O) groups is 1. The molecule has 0 aliphatic heterocycles. The first kappa shape index (κ1) is 16.3. The molecule has 0 bridgehead atoms. The van der Waals surface area contributed by atoms with E-state index in [4.69, 9.17) is 23.2 Å². The summed E-state index contributed by atoms with van der Waals surface area (Å²) in [7, 11) is 1.60. The average molecular weight is 339 g/mol. The maximum Gasteiger partial charge on any atom is 0.270 e. The summed E-state index contributed by atoms with van der Waals surface area (Å²) in [6.45, 7) is 0.251. The summed E-state index contributed by atoms with van der Waals surface area (Å²) in [6.07, 6.45) is 0. The van der Waals surface area contributed by atoms with Crippen LogP contribution in [-0.2, 0) is 6.54 Å². The first-order valence-electron chi connectivity index (χ1n) is 6.33. The molecule has 1 amide bonds. The van der Waals surface area contributed by atoms with E-state index in [0.717, 1.165) is 0 Å². The van der Waals surface area contributed by atoms with Gasteiger partial charge in [0.25, 0.3) is 11.6 Å². The maximum absolute atomic E-state index is 12.3. The molecule has 2 aromatic carbocycles. The second kappa shape index (κ2) is 6.77. The molecule has 2 aromatic rings. The summed E-state index contributed by atoms with van der Waals surface area (Å²) in [5.74, 6) is -0.334. The van der Waals surface area contributed by atoms with E-state index in [-0.39, 0.29) is 23.7 Å². The molecule has 0 aliphatic carbocycles. The summed E-state index contributed by atoms with van der Waals surface area (Å²) in [6, 6.07) is 10.8. The Morgan fingerprint density at radius 1 is 1.23 bits per heavy atom. The summed E-state index contributed by atoms with van der Waals surface area (Å²) < 4.78 is 0. The van der Waals surface area contributed by atoms with Crippen LogP contribution in [-0.4, -0.2) is 22.8 Å². The van der Waals surface area contributed by atoms with Crippen molar-refractivity contribution in [1.29, 1.82) is 0 Å². The molecule has 0 fully saturated rings. The Bertz CT molecular complexity index is 734. The van der Waals surface area contributed by atoms with Crippen molar-refractivity contribution in [1.82, 2.24) is 4.90 Å². The van der Waals surface area contributed by atoms with Crippen LogP contribution in [0.2, 0.25) is 10.0 Å². The summed E-state index contributed by atoms with van der Waals surface area (Å²) in [5, 5.41) is 11.6. The van der Waals surface area contributed by atoms with Crippen molar-refractivity contribution >= 4 is 34.8 Å². The second-order valence-corrected chi connectivity index (χ2v) is 5.47. The summed E-state index contributed by atoms with van der Waals surface area (Å²) >= 11 is 12.0. The van der Waals surface area contributed by atoms with Gasteiger partial charge in [0.1, 0.15) is 0 Å². The predicted octanol–water partition coefficient (Wildman–Crippen LogP) is 4.17. The molecule has 114 valence electrons. The fourth-order valence-electron chi connectivity index (χ4n) is 1.97. The van der Waals surface area contributed by atoms with E-state index < -0.39 is 4.92 Å². The third kappa shape index (κ3) is 3.55. The largest absolute Gasteiger partial charge is 0.337 e. The molecule has 0 heterocycles. The van der Waals surface area contributed by atoms with Crippen molar-refractivity contribution in [3.63, 3.8) is 0 Å². The Labute approximate surface area is 137 Å². The van der Waals surface area contributed by atoms with E-state index in [1.807, 2.05) is 0 Å². The number of nitro benzene ring substituents is 1. The third-order valence-electron chi connectivity index (χ3n) is 3.09. The second-order valence-electron chi connectivity index (χ2n) is 4.68. The molecule has 0 unspecified atom stereocenters. The number of nitro groups is 1. The summed E-state index contributed by atoms with van der Waals surface area (Å²) in [5.41, 5.74) is 0.824. The number of carbonyl (C=O) groups excluding carboxylic acids is 1. The minimum atomic E-state index is -0.537. The van der Waals surface area contributed by atoms with Gasteiger partial charge >= 0.3 is 0 Å². The van der Waals surface area contributed by atoms with Crippen LogP contribution in [0.25, 0.3) is 0 Å². The lowest BCUT2D eigenvalue weighted by Gasteiger charge is -2.18. The van der Waals surface area contributed by atoms with Crippen LogP contribution in [0.5, 0.6) is 0 Å². The van der Waals surface area contributed by atoms with Gasteiger partial charge in [-0.2, -0.15) is 0 Å². The molecule has 0 atom stereocenters. The first-order valence-corrected chi connectivity index (χ1v) is 7.08. The van der Waals surface area contributed by atoms with Crippen molar-refractivity contribution in [2.24, 2.45) is 0 Å². The van der Waals surface area contributed by atoms with Crippen LogP contribution in [0.4, 0.5) is 5.69 Å². The van der Waals surface area contributed by atoms with Gasteiger partial charge in [0, 0.05) is 31.3 Å². The Hall–Kier alpha value is -2.11. The lowest BCUT2D eigenvalue weighted by atomic mass is 10.1. The van der Waals surface area contributed by atoms with E-state index in [1.54, 1.807) is 25.2 Å². The molecule has 2 rings (SSSR count). The molecule has 0 radical (unpaired) electrons. The quantitative estimate of drug-likeness (QED) is 0.620. The van der Waals surface area contributed by atoms with Gasteiger partial charge in [-0.05, 0) is 17.7 Å². The molecular formula is C15H12Cl2N2O3. The van der Waals surface area contributed by atoms with Crippen molar-refractivity contribution in [3.8, 4) is 0 Å². The minimum absolute atomic E-state index is 0.125. The van der Waals surface area contributed by atoms with Gasteiger partial charge < -0.3 is 4.90 Å². The van der Waals surface area contributed by atoms with Gasteiger partial charge in [0.15, 0.2) is 0 Å². The molecular weight excluding hydrogens is 327 g/mol. The SMILES string of the molecule is CN(Cc1cccc(Cl)c1Cl)C(=O)c1cccc([N+](=O)[O-])c1.